The first kappa shape index (κ1) is 14.7. The summed E-state index contributed by atoms with van der Waals surface area (Å²) in [5.41, 5.74) is 5.13. The maximum absolute atomic E-state index is 3.57. The molecule has 1 N–H and O–H groups in total. The van der Waals surface area contributed by atoms with E-state index in [0.29, 0.717) is 0 Å². The number of halogens is 2. The van der Waals surface area contributed by atoms with Crippen molar-refractivity contribution < 1.29 is 0 Å². The van der Waals surface area contributed by atoms with E-state index >= 15 is 0 Å². The smallest absolute Gasteiger partial charge is 0.0498 e. The first-order valence-corrected chi connectivity index (χ1v) is 7.96. The molecule has 0 unspecified atom stereocenters. The Morgan fingerprint density at radius 1 is 1.16 bits per heavy atom. The van der Waals surface area contributed by atoms with E-state index in [1.54, 1.807) is 0 Å². The lowest BCUT2D eigenvalue weighted by Crippen LogP contribution is -2.03. The van der Waals surface area contributed by atoms with Gasteiger partial charge in [0.2, 0.25) is 0 Å². The number of rotatable bonds is 4. The highest BCUT2D eigenvalue weighted by molar-refractivity contribution is 9.11. The Balaban J connectivity index is 2.17. The third kappa shape index (κ3) is 3.23. The number of anilines is 1. The first-order chi connectivity index (χ1) is 9.02. The molecule has 0 fully saturated rings. The Labute approximate surface area is 131 Å². The summed E-state index contributed by atoms with van der Waals surface area (Å²) < 4.78 is 4.50. The Hall–Kier alpha value is -0.740. The zero-order valence-electron chi connectivity index (χ0n) is 11.4. The van der Waals surface area contributed by atoms with Crippen LogP contribution in [0.15, 0.2) is 33.2 Å². The molecule has 0 spiro atoms. The van der Waals surface area contributed by atoms with Crippen molar-refractivity contribution >= 4 is 37.5 Å². The van der Waals surface area contributed by atoms with Crippen LogP contribution in [0.4, 0.5) is 5.69 Å². The molecule has 1 heterocycles. The molecule has 4 heteroatoms. The standard InChI is InChI=1S/C15H18Br2N2/c1-4-19-10(2)7-12(11(19)3)9-18-15-8-13(16)5-6-14(15)17/h5-8,18H,4,9H2,1-3H3. The predicted molar refractivity (Wildman–Crippen MR) is 88.7 cm³/mol. The third-order valence-corrected chi connectivity index (χ3v) is 4.58. The van der Waals surface area contributed by atoms with E-state index in [4.69, 9.17) is 0 Å². The summed E-state index contributed by atoms with van der Waals surface area (Å²) in [6, 6.07) is 8.42. The van der Waals surface area contributed by atoms with Crippen molar-refractivity contribution in [3.05, 3.63) is 50.2 Å². The highest BCUT2D eigenvalue weighted by atomic mass is 79.9. The quantitative estimate of drug-likeness (QED) is 0.759. The van der Waals surface area contributed by atoms with Crippen molar-refractivity contribution in [2.45, 2.75) is 33.9 Å². The van der Waals surface area contributed by atoms with E-state index < -0.39 is 0 Å². The largest absolute Gasteiger partial charge is 0.380 e. The van der Waals surface area contributed by atoms with Crippen LogP contribution in [-0.4, -0.2) is 4.57 Å². The molecule has 1 aromatic carbocycles. The molecule has 0 saturated heterocycles. The second kappa shape index (κ2) is 6.14. The molecule has 2 nitrogen and oxygen atoms in total. The number of nitrogens with zero attached hydrogens (tertiary/aromatic N) is 1. The number of aryl methyl sites for hydroxylation is 1. The maximum Gasteiger partial charge on any atom is 0.0498 e. The number of hydrogen-bond acceptors (Lipinski definition) is 1. The lowest BCUT2D eigenvalue weighted by molar-refractivity contribution is 0.715. The minimum absolute atomic E-state index is 0.842. The summed E-state index contributed by atoms with van der Waals surface area (Å²) in [5, 5.41) is 3.49. The van der Waals surface area contributed by atoms with Crippen molar-refractivity contribution in [1.82, 2.24) is 4.57 Å². The third-order valence-electron chi connectivity index (χ3n) is 3.39. The van der Waals surface area contributed by atoms with Gasteiger partial charge < -0.3 is 9.88 Å². The van der Waals surface area contributed by atoms with Crippen LogP contribution in [0, 0.1) is 13.8 Å². The van der Waals surface area contributed by atoms with Crippen LogP contribution in [-0.2, 0) is 13.1 Å². The molecule has 0 aliphatic rings. The summed E-state index contributed by atoms with van der Waals surface area (Å²) in [4.78, 5) is 0. The Morgan fingerprint density at radius 2 is 1.89 bits per heavy atom. The van der Waals surface area contributed by atoms with Gasteiger partial charge in [0.05, 0.1) is 0 Å². The van der Waals surface area contributed by atoms with E-state index in [0.717, 1.165) is 27.7 Å². The van der Waals surface area contributed by atoms with Gasteiger partial charge in [-0.05, 0) is 66.5 Å². The summed E-state index contributed by atoms with van der Waals surface area (Å²) >= 11 is 7.07. The topological polar surface area (TPSA) is 17.0 Å². The zero-order chi connectivity index (χ0) is 14.0. The van der Waals surface area contributed by atoms with Crippen LogP contribution in [0.1, 0.15) is 23.9 Å². The van der Waals surface area contributed by atoms with Gasteiger partial charge in [-0.15, -0.1) is 0 Å². The van der Waals surface area contributed by atoms with Gasteiger partial charge in [-0.25, -0.2) is 0 Å². The second-order valence-electron chi connectivity index (χ2n) is 4.62. The van der Waals surface area contributed by atoms with Crippen LogP contribution in [0.5, 0.6) is 0 Å². The van der Waals surface area contributed by atoms with Gasteiger partial charge >= 0.3 is 0 Å². The van der Waals surface area contributed by atoms with E-state index in [1.165, 1.54) is 17.0 Å². The molecule has 0 amide bonds. The monoisotopic (exact) mass is 384 g/mol. The van der Waals surface area contributed by atoms with Gasteiger partial charge in [-0.1, -0.05) is 15.9 Å². The molecule has 102 valence electrons. The predicted octanol–water partition coefficient (Wildman–Crippen LogP) is 5.26. The summed E-state index contributed by atoms with van der Waals surface area (Å²) in [7, 11) is 0. The maximum atomic E-state index is 3.57. The lowest BCUT2D eigenvalue weighted by Gasteiger charge is -2.10. The van der Waals surface area contributed by atoms with Gasteiger partial charge in [0.25, 0.3) is 0 Å². The van der Waals surface area contributed by atoms with E-state index in [1.807, 2.05) is 12.1 Å². The molecule has 2 aromatic rings. The average Bonchev–Trinajstić information content (AvgIpc) is 2.65. The van der Waals surface area contributed by atoms with Crippen LogP contribution in [0.2, 0.25) is 0 Å². The number of aromatic nitrogens is 1. The lowest BCUT2D eigenvalue weighted by atomic mass is 10.2. The summed E-state index contributed by atoms with van der Waals surface area (Å²) in [6.07, 6.45) is 0. The number of hydrogen-bond donors (Lipinski definition) is 1. The molecular weight excluding hydrogens is 368 g/mol. The van der Waals surface area contributed by atoms with E-state index in [2.05, 4.69) is 74.6 Å². The fraction of sp³-hybridized carbons (Fsp3) is 0.333. The molecule has 19 heavy (non-hydrogen) atoms. The highest BCUT2D eigenvalue weighted by Gasteiger charge is 2.08. The normalized spacial score (nSPS) is 10.8. The molecule has 0 bridgehead atoms. The molecular formula is C15H18Br2N2. The minimum atomic E-state index is 0.842. The van der Waals surface area contributed by atoms with Crippen molar-refractivity contribution in [3.8, 4) is 0 Å². The van der Waals surface area contributed by atoms with Gasteiger partial charge in [0.1, 0.15) is 0 Å². The Kier molecular flexibility index (Phi) is 4.74. The van der Waals surface area contributed by atoms with E-state index in [-0.39, 0.29) is 0 Å². The van der Waals surface area contributed by atoms with E-state index in [9.17, 15) is 0 Å². The molecule has 2 rings (SSSR count). The summed E-state index contributed by atoms with van der Waals surface area (Å²) in [5.74, 6) is 0. The van der Waals surface area contributed by atoms with Crippen LogP contribution >= 0.6 is 31.9 Å². The van der Waals surface area contributed by atoms with Crippen molar-refractivity contribution in [1.29, 1.82) is 0 Å². The van der Waals surface area contributed by atoms with Crippen LogP contribution in [0.25, 0.3) is 0 Å². The van der Waals surface area contributed by atoms with Crippen molar-refractivity contribution in [3.63, 3.8) is 0 Å². The minimum Gasteiger partial charge on any atom is -0.380 e. The van der Waals surface area contributed by atoms with Crippen molar-refractivity contribution in [2.75, 3.05) is 5.32 Å². The van der Waals surface area contributed by atoms with Gasteiger partial charge in [-0.3, -0.25) is 0 Å². The summed E-state index contributed by atoms with van der Waals surface area (Å²) in [6.45, 7) is 8.40. The Bertz CT molecular complexity index is 588. The van der Waals surface area contributed by atoms with Gasteiger partial charge in [0, 0.05) is 39.1 Å². The number of benzene rings is 1. The van der Waals surface area contributed by atoms with Gasteiger partial charge in [0.15, 0.2) is 0 Å². The molecule has 1 aromatic heterocycles. The molecule has 0 radical (unpaired) electrons. The van der Waals surface area contributed by atoms with Gasteiger partial charge in [-0.2, -0.15) is 0 Å². The fourth-order valence-electron chi connectivity index (χ4n) is 2.36. The zero-order valence-corrected chi connectivity index (χ0v) is 14.6. The highest BCUT2D eigenvalue weighted by Crippen LogP contribution is 2.27. The SMILES string of the molecule is CCn1c(C)cc(CNc2cc(Br)ccc2Br)c1C. The molecule has 0 saturated carbocycles. The average molecular weight is 386 g/mol. The molecule has 0 atom stereocenters. The second-order valence-corrected chi connectivity index (χ2v) is 6.39. The number of nitrogens with one attached hydrogen (secondary N) is 1. The fourth-order valence-corrected chi connectivity index (χ4v) is 3.11. The van der Waals surface area contributed by atoms with Crippen LogP contribution in [0.3, 0.4) is 0 Å². The first-order valence-electron chi connectivity index (χ1n) is 6.37. The van der Waals surface area contributed by atoms with Crippen LogP contribution < -0.4 is 5.32 Å². The van der Waals surface area contributed by atoms with Crippen molar-refractivity contribution in [2.24, 2.45) is 0 Å². The molecule has 0 aliphatic heterocycles. The molecule has 0 aliphatic carbocycles. The Morgan fingerprint density at radius 3 is 2.53 bits per heavy atom.